The molecule has 4 rings (SSSR count). The van der Waals surface area contributed by atoms with Crippen LogP contribution in [0.3, 0.4) is 0 Å². The number of carboxylic acids is 1. The molecule has 0 spiro atoms. The number of hydrogen-bond donors (Lipinski definition) is 2. The summed E-state index contributed by atoms with van der Waals surface area (Å²) in [5.74, 6) is 0.193. The van der Waals surface area contributed by atoms with Crippen molar-refractivity contribution in [3.8, 4) is 45.6 Å². The lowest BCUT2D eigenvalue weighted by molar-refractivity contribution is 0.0688. The first-order valence-electron chi connectivity index (χ1n) is 10.6. The summed E-state index contributed by atoms with van der Waals surface area (Å²) < 4.78 is 33.9. The van der Waals surface area contributed by atoms with E-state index < -0.39 is 12.1 Å². The molecular formula is C24H28O9. The summed E-state index contributed by atoms with van der Waals surface area (Å²) in [5, 5.41) is 21.6. The largest absolute Gasteiger partial charge is 0.492 e. The number of aromatic carboxylic acids is 1. The molecule has 0 unspecified atom stereocenters. The summed E-state index contributed by atoms with van der Waals surface area (Å²) in [6, 6.07) is 1.72. The summed E-state index contributed by atoms with van der Waals surface area (Å²) >= 11 is 0. The Morgan fingerprint density at radius 3 is 2.15 bits per heavy atom. The Labute approximate surface area is 191 Å². The Bertz CT molecular complexity index is 1110. The SMILES string of the molecule is COc1c(OC)c(C(=O)O)c2c(c1OC)-c1c(cc3c(c1OC)OCO3)[C@H](O)[C@H](C)[C@H](C)C2. The third-order valence-corrected chi connectivity index (χ3v) is 6.64. The number of aliphatic hydroxyl groups excluding tert-OH is 1. The minimum atomic E-state index is -1.16. The molecule has 2 aromatic carbocycles. The standard InChI is InChI=1S/C24H28O9/c1-10-7-12-15(21(29-4)23(31-6)22(30-5)17(12)24(26)27)16-13(18(25)11(10)2)8-14-19(20(16)28-3)33-9-32-14/h8,10-11,18,25H,7,9H2,1-6H3,(H,26,27)/t10-,11-,18-/m1/s1. The molecule has 0 fully saturated rings. The zero-order valence-electron chi connectivity index (χ0n) is 19.5. The lowest BCUT2D eigenvalue weighted by Crippen LogP contribution is -2.24. The number of carboxylic acid groups (broad SMARTS) is 1. The van der Waals surface area contributed by atoms with E-state index in [4.69, 9.17) is 28.4 Å². The van der Waals surface area contributed by atoms with Gasteiger partial charge in [-0.05, 0) is 35.4 Å². The molecule has 2 aliphatic rings. The van der Waals surface area contributed by atoms with E-state index in [0.29, 0.717) is 45.9 Å². The van der Waals surface area contributed by atoms with E-state index in [-0.39, 0.29) is 41.4 Å². The van der Waals surface area contributed by atoms with Crippen molar-refractivity contribution in [2.45, 2.75) is 26.4 Å². The number of fused-ring (bicyclic) bond motifs is 4. The predicted molar refractivity (Wildman–Crippen MR) is 118 cm³/mol. The molecule has 0 saturated heterocycles. The summed E-state index contributed by atoms with van der Waals surface area (Å²) in [6.07, 6.45) is -0.527. The van der Waals surface area contributed by atoms with Crippen LogP contribution in [0.5, 0.6) is 34.5 Å². The molecule has 1 aliphatic carbocycles. The number of carbonyl (C=O) groups is 1. The smallest absolute Gasteiger partial charge is 0.339 e. The van der Waals surface area contributed by atoms with Gasteiger partial charge in [0.2, 0.25) is 18.3 Å². The van der Waals surface area contributed by atoms with Gasteiger partial charge < -0.3 is 38.6 Å². The van der Waals surface area contributed by atoms with Gasteiger partial charge in [0.25, 0.3) is 0 Å². The topological polar surface area (TPSA) is 113 Å². The fraction of sp³-hybridized carbons (Fsp3) is 0.458. The van der Waals surface area contributed by atoms with Crippen LogP contribution >= 0.6 is 0 Å². The van der Waals surface area contributed by atoms with Gasteiger partial charge in [0.05, 0.1) is 34.5 Å². The fourth-order valence-corrected chi connectivity index (χ4v) is 4.82. The zero-order chi connectivity index (χ0) is 24.0. The molecule has 0 aromatic heterocycles. The normalized spacial score (nSPS) is 20.8. The van der Waals surface area contributed by atoms with Crippen LogP contribution in [-0.2, 0) is 6.42 Å². The summed E-state index contributed by atoms with van der Waals surface area (Å²) in [5.41, 5.74) is 1.94. The molecule has 2 aromatic rings. The number of benzene rings is 2. The van der Waals surface area contributed by atoms with Crippen LogP contribution in [0.2, 0.25) is 0 Å². The number of hydrogen-bond acceptors (Lipinski definition) is 8. The third-order valence-electron chi connectivity index (χ3n) is 6.64. The van der Waals surface area contributed by atoms with Crippen molar-refractivity contribution < 1.29 is 43.4 Å². The highest BCUT2D eigenvalue weighted by Gasteiger charge is 2.40. The molecule has 9 nitrogen and oxygen atoms in total. The highest BCUT2D eigenvalue weighted by molar-refractivity contribution is 6.00. The lowest BCUT2D eigenvalue weighted by Gasteiger charge is -2.34. The average Bonchev–Trinajstić information content (AvgIpc) is 3.28. The highest BCUT2D eigenvalue weighted by Crippen LogP contribution is 2.59. The van der Waals surface area contributed by atoms with Gasteiger partial charge in [-0.15, -0.1) is 0 Å². The zero-order valence-corrected chi connectivity index (χ0v) is 19.5. The van der Waals surface area contributed by atoms with Crippen LogP contribution in [-0.4, -0.2) is 51.4 Å². The van der Waals surface area contributed by atoms with Crippen LogP contribution in [0.1, 0.15) is 41.4 Å². The van der Waals surface area contributed by atoms with Gasteiger partial charge in [-0.25, -0.2) is 4.79 Å². The van der Waals surface area contributed by atoms with Gasteiger partial charge in [-0.2, -0.15) is 0 Å². The van der Waals surface area contributed by atoms with Crippen molar-refractivity contribution in [2.75, 3.05) is 35.2 Å². The average molecular weight is 460 g/mol. The van der Waals surface area contributed by atoms with Gasteiger partial charge in [-0.1, -0.05) is 13.8 Å². The maximum absolute atomic E-state index is 12.5. The third kappa shape index (κ3) is 3.30. The van der Waals surface area contributed by atoms with E-state index in [1.807, 2.05) is 13.8 Å². The highest BCUT2D eigenvalue weighted by atomic mass is 16.7. The Balaban J connectivity index is 2.27. The molecule has 2 N–H and O–H groups in total. The van der Waals surface area contributed by atoms with E-state index in [1.165, 1.54) is 28.4 Å². The van der Waals surface area contributed by atoms with Crippen molar-refractivity contribution in [1.29, 1.82) is 0 Å². The molecule has 1 aliphatic heterocycles. The fourth-order valence-electron chi connectivity index (χ4n) is 4.82. The molecule has 3 atom stereocenters. The minimum Gasteiger partial charge on any atom is -0.492 e. The quantitative estimate of drug-likeness (QED) is 0.690. The first kappa shape index (κ1) is 22.8. The lowest BCUT2D eigenvalue weighted by atomic mass is 9.74. The van der Waals surface area contributed by atoms with E-state index in [0.717, 1.165) is 0 Å². The van der Waals surface area contributed by atoms with Gasteiger partial charge in [-0.3, -0.25) is 0 Å². The second-order valence-corrected chi connectivity index (χ2v) is 8.23. The molecule has 0 bridgehead atoms. The Morgan fingerprint density at radius 2 is 1.58 bits per heavy atom. The summed E-state index contributed by atoms with van der Waals surface area (Å²) in [6.45, 7) is 3.91. The Kier molecular flexibility index (Phi) is 5.92. The monoisotopic (exact) mass is 460 g/mol. The van der Waals surface area contributed by atoms with E-state index in [2.05, 4.69) is 0 Å². The molecule has 178 valence electrons. The van der Waals surface area contributed by atoms with Crippen molar-refractivity contribution in [3.05, 3.63) is 22.8 Å². The number of methoxy groups -OCH3 is 4. The first-order valence-corrected chi connectivity index (χ1v) is 10.6. The molecule has 0 radical (unpaired) electrons. The van der Waals surface area contributed by atoms with E-state index in [1.54, 1.807) is 6.07 Å². The predicted octanol–water partition coefficient (Wildman–Crippen LogP) is 3.68. The van der Waals surface area contributed by atoms with Crippen molar-refractivity contribution >= 4 is 5.97 Å². The van der Waals surface area contributed by atoms with Crippen LogP contribution < -0.4 is 28.4 Å². The van der Waals surface area contributed by atoms with Crippen LogP contribution in [0.4, 0.5) is 0 Å². The molecular weight excluding hydrogens is 432 g/mol. The van der Waals surface area contributed by atoms with Crippen LogP contribution in [0.25, 0.3) is 11.1 Å². The summed E-state index contributed by atoms with van der Waals surface area (Å²) in [7, 11) is 5.76. The van der Waals surface area contributed by atoms with Crippen molar-refractivity contribution in [2.24, 2.45) is 11.8 Å². The van der Waals surface area contributed by atoms with E-state index in [9.17, 15) is 15.0 Å². The number of ether oxygens (including phenoxy) is 6. The molecule has 9 heteroatoms. The van der Waals surface area contributed by atoms with Gasteiger partial charge in [0.15, 0.2) is 23.0 Å². The second-order valence-electron chi connectivity index (χ2n) is 8.23. The first-order chi connectivity index (χ1) is 15.8. The van der Waals surface area contributed by atoms with Crippen molar-refractivity contribution in [1.82, 2.24) is 0 Å². The second kappa shape index (κ2) is 8.55. The van der Waals surface area contributed by atoms with Crippen LogP contribution in [0, 0.1) is 11.8 Å². The Morgan fingerprint density at radius 1 is 0.939 bits per heavy atom. The van der Waals surface area contributed by atoms with Crippen LogP contribution in [0.15, 0.2) is 6.07 Å². The Hall–Kier alpha value is -3.33. The summed E-state index contributed by atoms with van der Waals surface area (Å²) in [4.78, 5) is 12.5. The van der Waals surface area contributed by atoms with Gasteiger partial charge in [0.1, 0.15) is 5.56 Å². The molecule has 33 heavy (non-hydrogen) atoms. The van der Waals surface area contributed by atoms with Gasteiger partial charge in [0, 0.05) is 11.1 Å². The molecule has 0 amide bonds. The molecule has 1 heterocycles. The van der Waals surface area contributed by atoms with Crippen molar-refractivity contribution in [3.63, 3.8) is 0 Å². The van der Waals surface area contributed by atoms with E-state index >= 15 is 0 Å². The number of aliphatic hydroxyl groups is 1. The van der Waals surface area contributed by atoms with Gasteiger partial charge >= 0.3 is 5.97 Å². The number of rotatable bonds is 5. The minimum absolute atomic E-state index is 0.00688. The molecule has 0 saturated carbocycles. The maximum atomic E-state index is 12.5. The maximum Gasteiger partial charge on any atom is 0.339 e.